The van der Waals surface area contributed by atoms with Crippen LogP contribution in [0.25, 0.3) is 0 Å². The molecule has 0 aliphatic carbocycles. The van der Waals surface area contributed by atoms with Crippen molar-refractivity contribution < 1.29 is 13.6 Å². The number of amides is 1. The van der Waals surface area contributed by atoms with Crippen molar-refractivity contribution in [2.45, 2.75) is 12.5 Å². The first-order valence-corrected chi connectivity index (χ1v) is 7.89. The van der Waals surface area contributed by atoms with Crippen LogP contribution in [0.5, 0.6) is 0 Å². The second-order valence-corrected chi connectivity index (χ2v) is 5.94. The Hall–Kier alpha value is -3.01. The molecule has 0 heterocycles. The van der Waals surface area contributed by atoms with Crippen LogP contribution >= 0.6 is 0 Å². The lowest BCUT2D eigenvalue weighted by Gasteiger charge is -2.32. The van der Waals surface area contributed by atoms with Gasteiger partial charge in [0.15, 0.2) is 0 Å². The third-order valence-electron chi connectivity index (χ3n) is 4.24. The number of hydrogen-bond acceptors (Lipinski definition) is 1. The van der Waals surface area contributed by atoms with Crippen LogP contribution in [0.3, 0.4) is 0 Å². The van der Waals surface area contributed by atoms with Crippen molar-refractivity contribution >= 4 is 5.91 Å². The Morgan fingerprint density at radius 1 is 0.840 bits per heavy atom. The van der Waals surface area contributed by atoms with Crippen molar-refractivity contribution in [2.75, 3.05) is 0 Å². The maximum atomic E-state index is 14.0. The van der Waals surface area contributed by atoms with E-state index in [1.54, 1.807) is 0 Å². The Bertz CT molecular complexity index is 839. The van der Waals surface area contributed by atoms with E-state index in [-0.39, 0.29) is 5.56 Å². The molecular weight excluding hydrogens is 320 g/mol. The first-order valence-electron chi connectivity index (χ1n) is 7.89. The Balaban J connectivity index is 2.04. The Morgan fingerprint density at radius 2 is 1.36 bits per heavy atom. The first kappa shape index (κ1) is 16.8. The summed E-state index contributed by atoms with van der Waals surface area (Å²) in [5.41, 5.74) is 0.467. The molecule has 126 valence electrons. The number of carbonyl (C=O) groups is 1. The number of nitrogens with one attached hydrogen (secondary N) is 1. The molecule has 0 aromatic heterocycles. The third-order valence-corrected chi connectivity index (χ3v) is 4.24. The molecule has 0 bridgehead atoms. The molecule has 1 amide bonds. The van der Waals surface area contributed by atoms with Gasteiger partial charge in [-0.3, -0.25) is 4.79 Å². The first-order chi connectivity index (χ1) is 12.0. The Labute approximate surface area is 145 Å². The topological polar surface area (TPSA) is 29.1 Å². The highest BCUT2D eigenvalue weighted by atomic mass is 19.1. The summed E-state index contributed by atoms with van der Waals surface area (Å²) < 4.78 is 27.4. The van der Waals surface area contributed by atoms with E-state index in [0.717, 1.165) is 29.3 Å². The molecule has 2 nitrogen and oxygen atoms in total. The number of hydrogen-bond donors (Lipinski definition) is 1. The van der Waals surface area contributed by atoms with E-state index in [2.05, 4.69) is 5.32 Å². The van der Waals surface area contributed by atoms with Crippen molar-refractivity contribution in [3.05, 3.63) is 107 Å². The molecule has 0 saturated carbocycles. The van der Waals surface area contributed by atoms with Crippen LogP contribution < -0.4 is 5.32 Å². The average Bonchev–Trinajstić information content (AvgIpc) is 2.65. The minimum atomic E-state index is -0.891. The van der Waals surface area contributed by atoms with Gasteiger partial charge in [-0.05, 0) is 36.2 Å². The summed E-state index contributed by atoms with van der Waals surface area (Å²) in [7, 11) is 0. The SMILES string of the molecule is CC(NC(=O)c1cc(F)ccc1F)(c1ccccc1)c1ccccc1. The molecule has 4 heteroatoms. The minimum absolute atomic E-state index is 0.321. The van der Waals surface area contributed by atoms with Gasteiger partial charge >= 0.3 is 0 Å². The number of rotatable bonds is 4. The van der Waals surface area contributed by atoms with Gasteiger partial charge in [-0.2, -0.15) is 0 Å². The molecular formula is C21H17F2NO. The lowest BCUT2D eigenvalue weighted by Crippen LogP contribution is -2.44. The van der Waals surface area contributed by atoms with Crippen LogP contribution in [-0.2, 0) is 5.54 Å². The monoisotopic (exact) mass is 337 g/mol. The van der Waals surface area contributed by atoms with Crippen LogP contribution in [0, 0.1) is 11.6 Å². The molecule has 0 spiro atoms. The van der Waals surface area contributed by atoms with Crippen LogP contribution in [-0.4, -0.2) is 5.91 Å². The summed E-state index contributed by atoms with van der Waals surface area (Å²) in [5, 5.41) is 2.86. The lowest BCUT2D eigenvalue weighted by atomic mass is 9.84. The maximum Gasteiger partial charge on any atom is 0.255 e. The summed E-state index contributed by atoms with van der Waals surface area (Å²) in [4.78, 5) is 12.7. The zero-order chi connectivity index (χ0) is 17.9. The Kier molecular flexibility index (Phi) is 4.61. The molecule has 0 unspecified atom stereocenters. The van der Waals surface area contributed by atoms with E-state index in [1.165, 1.54) is 0 Å². The fourth-order valence-corrected chi connectivity index (χ4v) is 2.82. The van der Waals surface area contributed by atoms with Gasteiger partial charge in [0, 0.05) is 0 Å². The number of halogens is 2. The van der Waals surface area contributed by atoms with Gasteiger partial charge in [-0.1, -0.05) is 60.7 Å². The lowest BCUT2D eigenvalue weighted by molar-refractivity contribution is 0.0914. The van der Waals surface area contributed by atoms with E-state index in [4.69, 9.17) is 0 Å². The highest BCUT2D eigenvalue weighted by molar-refractivity contribution is 5.95. The maximum absolute atomic E-state index is 14.0. The molecule has 3 aromatic carbocycles. The van der Waals surface area contributed by atoms with Gasteiger partial charge < -0.3 is 5.32 Å². The third kappa shape index (κ3) is 3.43. The standard InChI is InChI=1S/C21H17F2NO/c1-21(15-8-4-2-5-9-15,16-10-6-3-7-11-16)24-20(25)18-14-17(22)12-13-19(18)23/h2-14H,1H3,(H,24,25). The zero-order valence-electron chi connectivity index (χ0n) is 13.7. The summed E-state index contributed by atoms with van der Waals surface area (Å²) in [6.45, 7) is 1.84. The van der Waals surface area contributed by atoms with Gasteiger partial charge in [0.1, 0.15) is 11.6 Å². The van der Waals surface area contributed by atoms with Gasteiger partial charge in [0.05, 0.1) is 11.1 Å². The molecule has 0 aliphatic rings. The fraction of sp³-hybridized carbons (Fsp3) is 0.0952. The van der Waals surface area contributed by atoms with Crippen molar-refractivity contribution in [1.82, 2.24) is 5.32 Å². The van der Waals surface area contributed by atoms with Crippen molar-refractivity contribution in [3.63, 3.8) is 0 Å². The zero-order valence-corrected chi connectivity index (χ0v) is 13.7. The van der Waals surface area contributed by atoms with Gasteiger partial charge in [0.25, 0.3) is 5.91 Å². The predicted molar refractivity (Wildman–Crippen MR) is 93.2 cm³/mol. The van der Waals surface area contributed by atoms with Crippen LogP contribution in [0.1, 0.15) is 28.4 Å². The molecule has 0 atom stereocenters. The summed E-state index contributed by atoms with van der Waals surface area (Å²) in [6.07, 6.45) is 0. The van der Waals surface area contributed by atoms with E-state index < -0.39 is 23.1 Å². The Morgan fingerprint density at radius 3 is 1.88 bits per heavy atom. The largest absolute Gasteiger partial charge is 0.339 e. The summed E-state index contributed by atoms with van der Waals surface area (Å²) in [5.74, 6) is -2.10. The molecule has 1 N–H and O–H groups in total. The van der Waals surface area contributed by atoms with Gasteiger partial charge in [0.2, 0.25) is 0 Å². The molecule has 0 saturated heterocycles. The van der Waals surface area contributed by atoms with E-state index in [9.17, 15) is 13.6 Å². The van der Waals surface area contributed by atoms with E-state index in [0.29, 0.717) is 0 Å². The van der Waals surface area contributed by atoms with Gasteiger partial charge in [-0.15, -0.1) is 0 Å². The molecule has 3 rings (SSSR count). The summed E-state index contributed by atoms with van der Waals surface area (Å²) in [6, 6.07) is 21.6. The molecule has 0 fully saturated rings. The smallest absolute Gasteiger partial charge is 0.255 e. The second kappa shape index (κ2) is 6.85. The van der Waals surface area contributed by atoms with Crippen molar-refractivity contribution in [2.24, 2.45) is 0 Å². The molecule has 3 aromatic rings. The van der Waals surface area contributed by atoms with Crippen LogP contribution in [0.2, 0.25) is 0 Å². The highest BCUT2D eigenvalue weighted by Crippen LogP contribution is 2.29. The predicted octanol–water partition coefficient (Wildman–Crippen LogP) is 4.66. The number of benzene rings is 3. The van der Waals surface area contributed by atoms with E-state index >= 15 is 0 Å². The molecule has 0 radical (unpaired) electrons. The minimum Gasteiger partial charge on any atom is -0.339 e. The van der Waals surface area contributed by atoms with Crippen molar-refractivity contribution in [1.29, 1.82) is 0 Å². The average molecular weight is 337 g/mol. The summed E-state index contributed by atoms with van der Waals surface area (Å²) >= 11 is 0. The fourth-order valence-electron chi connectivity index (χ4n) is 2.82. The normalized spacial score (nSPS) is 11.2. The quantitative estimate of drug-likeness (QED) is 0.737. The molecule has 25 heavy (non-hydrogen) atoms. The van der Waals surface area contributed by atoms with Crippen LogP contribution in [0.15, 0.2) is 78.9 Å². The van der Waals surface area contributed by atoms with E-state index in [1.807, 2.05) is 67.6 Å². The van der Waals surface area contributed by atoms with Crippen LogP contribution in [0.4, 0.5) is 8.78 Å². The molecule has 0 aliphatic heterocycles. The second-order valence-electron chi connectivity index (χ2n) is 5.94. The highest BCUT2D eigenvalue weighted by Gasteiger charge is 2.31. The van der Waals surface area contributed by atoms with Crippen molar-refractivity contribution in [3.8, 4) is 0 Å². The van der Waals surface area contributed by atoms with Gasteiger partial charge in [-0.25, -0.2) is 8.78 Å². The number of carbonyl (C=O) groups excluding carboxylic acids is 1.